The molecule has 0 aliphatic rings. The average molecular weight is 252 g/mol. The number of nitrogen functional groups attached to an aromatic ring is 1. The average Bonchev–Trinajstić information content (AvgIpc) is 2.34. The number of amides is 1. The third-order valence-electron chi connectivity index (χ3n) is 2.40. The predicted molar refractivity (Wildman–Crippen MR) is 66.2 cm³/mol. The first-order valence-electron chi connectivity index (χ1n) is 5.41. The zero-order valence-electron chi connectivity index (χ0n) is 10.1. The van der Waals surface area contributed by atoms with E-state index in [9.17, 15) is 9.59 Å². The molecule has 0 aliphatic carbocycles. The fourth-order valence-corrected chi connectivity index (χ4v) is 1.38. The Bertz CT molecular complexity index is 417. The number of methoxy groups -OCH3 is 1. The number of hydrogen-bond acceptors (Lipinski definition) is 4. The second kappa shape index (κ2) is 6.61. The SMILES string of the molecule is COC(CNC(=O)c1ccc(N)cc1)CC(=O)O. The molecule has 0 bridgehead atoms. The van der Waals surface area contributed by atoms with E-state index in [0.717, 1.165) is 0 Å². The first-order valence-corrected chi connectivity index (χ1v) is 5.41. The summed E-state index contributed by atoms with van der Waals surface area (Å²) in [5, 5.41) is 11.2. The second-order valence-electron chi connectivity index (χ2n) is 3.79. The van der Waals surface area contributed by atoms with Crippen LogP contribution in [0, 0.1) is 0 Å². The van der Waals surface area contributed by atoms with Crippen molar-refractivity contribution < 1.29 is 19.4 Å². The molecule has 6 nitrogen and oxygen atoms in total. The van der Waals surface area contributed by atoms with E-state index in [2.05, 4.69) is 5.32 Å². The van der Waals surface area contributed by atoms with Gasteiger partial charge in [-0.2, -0.15) is 0 Å². The molecule has 0 spiro atoms. The molecule has 0 saturated carbocycles. The highest BCUT2D eigenvalue weighted by atomic mass is 16.5. The quantitative estimate of drug-likeness (QED) is 0.639. The van der Waals surface area contributed by atoms with Crippen LogP contribution in [0.3, 0.4) is 0 Å². The van der Waals surface area contributed by atoms with Gasteiger partial charge in [0.2, 0.25) is 0 Å². The molecule has 0 saturated heterocycles. The van der Waals surface area contributed by atoms with Crippen LogP contribution < -0.4 is 11.1 Å². The number of carboxylic acids is 1. The van der Waals surface area contributed by atoms with E-state index in [1.54, 1.807) is 24.3 Å². The number of carbonyl (C=O) groups is 2. The third kappa shape index (κ3) is 4.42. The van der Waals surface area contributed by atoms with Crippen LogP contribution in [0.15, 0.2) is 24.3 Å². The Labute approximate surface area is 105 Å². The molecule has 4 N–H and O–H groups in total. The van der Waals surface area contributed by atoms with Gasteiger partial charge in [-0.05, 0) is 24.3 Å². The predicted octanol–water partition coefficient (Wildman–Crippen LogP) is 0.488. The minimum Gasteiger partial charge on any atom is -0.481 e. The van der Waals surface area contributed by atoms with E-state index in [1.807, 2.05) is 0 Å². The van der Waals surface area contributed by atoms with Crippen LogP contribution in [-0.2, 0) is 9.53 Å². The number of aliphatic carboxylic acids is 1. The molecule has 0 fully saturated rings. The Morgan fingerprint density at radius 1 is 1.39 bits per heavy atom. The van der Waals surface area contributed by atoms with Gasteiger partial charge >= 0.3 is 5.97 Å². The van der Waals surface area contributed by atoms with Gasteiger partial charge in [-0.3, -0.25) is 9.59 Å². The molecule has 6 heteroatoms. The minimum absolute atomic E-state index is 0.145. The van der Waals surface area contributed by atoms with Gasteiger partial charge in [0.1, 0.15) is 0 Å². The summed E-state index contributed by atoms with van der Waals surface area (Å²) in [6.45, 7) is 0.145. The highest BCUT2D eigenvalue weighted by Crippen LogP contribution is 2.05. The Kier molecular flexibility index (Phi) is 5.13. The lowest BCUT2D eigenvalue weighted by Crippen LogP contribution is -2.34. The number of anilines is 1. The smallest absolute Gasteiger partial charge is 0.306 e. The Morgan fingerprint density at radius 2 is 2.00 bits per heavy atom. The van der Waals surface area contributed by atoms with E-state index in [0.29, 0.717) is 11.3 Å². The minimum atomic E-state index is -0.969. The molecular formula is C12H16N2O4. The summed E-state index contributed by atoms with van der Waals surface area (Å²) in [4.78, 5) is 22.2. The molecule has 1 aromatic rings. The number of nitrogens with two attached hydrogens (primary N) is 1. The maximum atomic E-state index is 11.7. The Balaban J connectivity index is 2.49. The highest BCUT2D eigenvalue weighted by molar-refractivity contribution is 5.94. The van der Waals surface area contributed by atoms with Crippen LogP contribution in [0.5, 0.6) is 0 Å². The molecule has 98 valence electrons. The van der Waals surface area contributed by atoms with E-state index in [-0.39, 0.29) is 18.9 Å². The van der Waals surface area contributed by atoms with Gasteiger partial charge in [0.15, 0.2) is 0 Å². The van der Waals surface area contributed by atoms with Crippen molar-refractivity contribution in [1.82, 2.24) is 5.32 Å². The third-order valence-corrected chi connectivity index (χ3v) is 2.40. The van der Waals surface area contributed by atoms with Gasteiger partial charge in [0.05, 0.1) is 12.5 Å². The van der Waals surface area contributed by atoms with Gasteiger partial charge in [0, 0.05) is 24.9 Å². The van der Waals surface area contributed by atoms with Crippen molar-refractivity contribution in [3.05, 3.63) is 29.8 Å². The van der Waals surface area contributed by atoms with E-state index >= 15 is 0 Å². The number of benzene rings is 1. The maximum Gasteiger partial charge on any atom is 0.306 e. The monoisotopic (exact) mass is 252 g/mol. The van der Waals surface area contributed by atoms with Crippen LogP contribution in [0.4, 0.5) is 5.69 Å². The van der Waals surface area contributed by atoms with Gasteiger partial charge in [-0.25, -0.2) is 0 Å². The van der Waals surface area contributed by atoms with Crippen molar-refractivity contribution in [3.63, 3.8) is 0 Å². The lowest BCUT2D eigenvalue weighted by Gasteiger charge is -2.13. The molecule has 0 aromatic heterocycles. The molecule has 0 aliphatic heterocycles. The van der Waals surface area contributed by atoms with Gasteiger partial charge in [-0.15, -0.1) is 0 Å². The molecule has 1 unspecified atom stereocenters. The van der Waals surface area contributed by atoms with Crippen molar-refractivity contribution in [3.8, 4) is 0 Å². The molecule has 1 rings (SSSR count). The fraction of sp³-hybridized carbons (Fsp3) is 0.333. The number of carboxylic acid groups (broad SMARTS) is 1. The fourth-order valence-electron chi connectivity index (χ4n) is 1.38. The maximum absolute atomic E-state index is 11.7. The summed E-state index contributed by atoms with van der Waals surface area (Å²) in [6, 6.07) is 6.45. The van der Waals surface area contributed by atoms with Crippen molar-refractivity contribution in [2.24, 2.45) is 0 Å². The highest BCUT2D eigenvalue weighted by Gasteiger charge is 2.14. The topological polar surface area (TPSA) is 102 Å². The van der Waals surface area contributed by atoms with E-state index in [4.69, 9.17) is 15.6 Å². The molecule has 1 atom stereocenters. The normalized spacial score (nSPS) is 11.8. The number of ether oxygens (including phenoxy) is 1. The first-order chi connectivity index (χ1) is 8.52. The number of hydrogen-bond donors (Lipinski definition) is 3. The van der Waals surface area contributed by atoms with Crippen molar-refractivity contribution in [2.75, 3.05) is 19.4 Å². The molecule has 18 heavy (non-hydrogen) atoms. The van der Waals surface area contributed by atoms with Gasteiger partial charge < -0.3 is 20.9 Å². The number of rotatable bonds is 6. The summed E-state index contributed by atoms with van der Waals surface area (Å²) in [5.41, 5.74) is 6.55. The zero-order valence-corrected chi connectivity index (χ0v) is 10.1. The Morgan fingerprint density at radius 3 is 2.50 bits per heavy atom. The lowest BCUT2D eigenvalue weighted by atomic mass is 10.2. The molecule has 0 heterocycles. The van der Waals surface area contributed by atoms with Crippen molar-refractivity contribution in [1.29, 1.82) is 0 Å². The summed E-state index contributed by atoms with van der Waals surface area (Å²) < 4.78 is 4.95. The molecule has 0 radical (unpaired) electrons. The number of nitrogens with one attached hydrogen (secondary N) is 1. The van der Waals surface area contributed by atoms with Crippen LogP contribution in [0.25, 0.3) is 0 Å². The summed E-state index contributed by atoms with van der Waals surface area (Å²) in [5.74, 6) is -1.26. The standard InChI is InChI=1S/C12H16N2O4/c1-18-10(6-11(15)16)7-14-12(17)8-2-4-9(13)5-3-8/h2-5,10H,6-7,13H2,1H3,(H,14,17)(H,15,16). The zero-order chi connectivity index (χ0) is 13.5. The molecular weight excluding hydrogens is 236 g/mol. The van der Waals surface area contributed by atoms with Crippen LogP contribution in [0.2, 0.25) is 0 Å². The van der Waals surface area contributed by atoms with E-state index < -0.39 is 12.1 Å². The van der Waals surface area contributed by atoms with Crippen LogP contribution >= 0.6 is 0 Å². The van der Waals surface area contributed by atoms with Gasteiger partial charge in [0.25, 0.3) is 5.91 Å². The summed E-state index contributed by atoms with van der Waals surface area (Å²) in [7, 11) is 1.41. The summed E-state index contributed by atoms with van der Waals surface area (Å²) in [6.07, 6.45) is -0.696. The van der Waals surface area contributed by atoms with Crippen LogP contribution in [0.1, 0.15) is 16.8 Å². The largest absolute Gasteiger partial charge is 0.481 e. The lowest BCUT2D eigenvalue weighted by molar-refractivity contribution is -0.139. The summed E-state index contributed by atoms with van der Waals surface area (Å²) >= 11 is 0. The number of carbonyl (C=O) groups excluding carboxylic acids is 1. The van der Waals surface area contributed by atoms with Crippen molar-refractivity contribution >= 4 is 17.6 Å². The molecule has 1 amide bonds. The first kappa shape index (κ1) is 14.0. The Hall–Kier alpha value is -2.08. The van der Waals surface area contributed by atoms with E-state index in [1.165, 1.54) is 7.11 Å². The van der Waals surface area contributed by atoms with Gasteiger partial charge in [-0.1, -0.05) is 0 Å². The van der Waals surface area contributed by atoms with Crippen LogP contribution in [-0.4, -0.2) is 36.7 Å². The van der Waals surface area contributed by atoms with Crippen molar-refractivity contribution in [2.45, 2.75) is 12.5 Å². The molecule has 1 aromatic carbocycles. The second-order valence-corrected chi connectivity index (χ2v) is 3.79.